The quantitative estimate of drug-likeness (QED) is 0.290. The number of amides is 3. The fourth-order valence-corrected chi connectivity index (χ4v) is 4.45. The zero-order chi connectivity index (χ0) is 29.4. The second kappa shape index (κ2) is 13.8. The highest BCUT2D eigenvalue weighted by Gasteiger charge is 2.33. The van der Waals surface area contributed by atoms with Crippen molar-refractivity contribution in [1.82, 2.24) is 26.1 Å². The molecule has 2 unspecified atom stereocenters. The molecule has 1 aromatic heterocycles. The molecule has 0 bridgehead atoms. The summed E-state index contributed by atoms with van der Waals surface area (Å²) in [6.45, 7) is 14.6. The number of hydrogen-bond acceptors (Lipinski definition) is 7. The first-order valence-corrected chi connectivity index (χ1v) is 13.6. The molecule has 0 saturated carbocycles. The normalized spacial score (nSPS) is 17.4. The van der Waals surface area contributed by atoms with E-state index in [2.05, 4.69) is 34.2 Å². The third-order valence-electron chi connectivity index (χ3n) is 6.77. The summed E-state index contributed by atoms with van der Waals surface area (Å²) in [4.78, 5) is 55.5. The Morgan fingerprint density at radius 1 is 1.12 bits per heavy atom. The molecule has 1 aliphatic heterocycles. The van der Waals surface area contributed by atoms with Crippen LogP contribution >= 0.6 is 0 Å². The summed E-state index contributed by atoms with van der Waals surface area (Å²) >= 11 is 0. The maximum Gasteiger partial charge on any atom is 0.325 e. The van der Waals surface area contributed by atoms with Gasteiger partial charge in [0.1, 0.15) is 24.2 Å². The maximum absolute atomic E-state index is 13.1. The Balaban J connectivity index is 1.59. The third-order valence-corrected chi connectivity index (χ3v) is 6.77. The molecule has 10 nitrogen and oxygen atoms in total. The van der Waals surface area contributed by atoms with Crippen molar-refractivity contribution in [2.24, 2.45) is 5.92 Å². The maximum atomic E-state index is 13.1. The Labute approximate surface area is 235 Å². The average Bonchev–Trinajstić information content (AvgIpc) is 2.94. The number of ether oxygens (including phenoxy) is 1. The van der Waals surface area contributed by atoms with Gasteiger partial charge in [-0.25, -0.2) is 10.4 Å². The zero-order valence-corrected chi connectivity index (χ0v) is 23.6. The molecule has 0 spiro atoms. The van der Waals surface area contributed by atoms with Gasteiger partial charge in [0.25, 0.3) is 5.91 Å². The summed E-state index contributed by atoms with van der Waals surface area (Å²) < 4.78 is 5.74. The molecular weight excluding hydrogens is 510 g/mol. The molecular formula is C30H39N5O5. The van der Waals surface area contributed by atoms with Crippen LogP contribution in [-0.2, 0) is 23.9 Å². The van der Waals surface area contributed by atoms with Crippen LogP contribution in [0.25, 0.3) is 17.0 Å². The van der Waals surface area contributed by atoms with Gasteiger partial charge < -0.3 is 15.4 Å². The molecule has 2 aromatic rings. The largest absolute Gasteiger partial charge is 0.457 e. The van der Waals surface area contributed by atoms with Crippen LogP contribution < -0.4 is 16.1 Å². The summed E-state index contributed by atoms with van der Waals surface area (Å²) in [5.74, 6) is -1.83. The van der Waals surface area contributed by atoms with Gasteiger partial charge in [-0.15, -0.1) is 6.58 Å². The summed E-state index contributed by atoms with van der Waals surface area (Å²) in [6.07, 6.45) is 3.79. The summed E-state index contributed by atoms with van der Waals surface area (Å²) in [5, 5.41) is 7.68. The van der Waals surface area contributed by atoms with Crippen LogP contribution in [0.2, 0.25) is 0 Å². The predicted octanol–water partition coefficient (Wildman–Crippen LogP) is 3.20. The first-order chi connectivity index (χ1) is 19.0. The van der Waals surface area contributed by atoms with E-state index in [1.165, 1.54) is 11.1 Å². The van der Waals surface area contributed by atoms with Gasteiger partial charge in [0, 0.05) is 18.4 Å². The minimum atomic E-state index is -0.878. The fourth-order valence-electron chi connectivity index (χ4n) is 4.45. The van der Waals surface area contributed by atoms with Crippen molar-refractivity contribution in [1.29, 1.82) is 0 Å². The Morgan fingerprint density at radius 2 is 1.85 bits per heavy atom. The van der Waals surface area contributed by atoms with Crippen molar-refractivity contribution >= 4 is 40.7 Å². The van der Waals surface area contributed by atoms with Gasteiger partial charge in [0.2, 0.25) is 11.8 Å². The lowest BCUT2D eigenvalue weighted by atomic mass is 10.0. The van der Waals surface area contributed by atoms with E-state index in [0.29, 0.717) is 19.4 Å². The smallest absolute Gasteiger partial charge is 0.325 e. The van der Waals surface area contributed by atoms with Crippen LogP contribution in [0.5, 0.6) is 0 Å². The minimum absolute atomic E-state index is 0.0901. The highest BCUT2D eigenvalue weighted by molar-refractivity contribution is 5.92. The molecule has 3 amide bonds. The van der Waals surface area contributed by atoms with Crippen LogP contribution in [0.3, 0.4) is 0 Å². The van der Waals surface area contributed by atoms with E-state index in [4.69, 9.17) is 4.74 Å². The number of carbonyl (C=O) groups is 4. The van der Waals surface area contributed by atoms with Crippen molar-refractivity contribution in [3.8, 4) is 0 Å². The van der Waals surface area contributed by atoms with E-state index in [-0.39, 0.29) is 18.2 Å². The van der Waals surface area contributed by atoms with Crippen LogP contribution in [-0.4, -0.2) is 58.4 Å². The van der Waals surface area contributed by atoms with Gasteiger partial charge in [-0.2, -0.15) is 0 Å². The number of nitrogens with one attached hydrogen (secondary N) is 3. The van der Waals surface area contributed by atoms with E-state index in [1.807, 2.05) is 30.3 Å². The first-order valence-electron chi connectivity index (χ1n) is 13.6. The van der Waals surface area contributed by atoms with E-state index >= 15 is 0 Å². The highest BCUT2D eigenvalue weighted by atomic mass is 16.5. The number of aromatic nitrogens is 1. The molecule has 1 fully saturated rings. The molecule has 214 valence electrons. The second-order valence-corrected chi connectivity index (χ2v) is 10.3. The Bertz CT molecular complexity index is 1280. The number of nitrogens with zero attached hydrogens (tertiary/aromatic N) is 2. The van der Waals surface area contributed by atoms with Crippen LogP contribution in [0.1, 0.15) is 64.3 Å². The lowest BCUT2D eigenvalue weighted by molar-refractivity contribution is -0.157. The van der Waals surface area contributed by atoms with Crippen molar-refractivity contribution in [2.45, 2.75) is 71.2 Å². The molecule has 3 N–H and O–H groups in total. The van der Waals surface area contributed by atoms with Gasteiger partial charge >= 0.3 is 5.97 Å². The summed E-state index contributed by atoms with van der Waals surface area (Å²) in [7, 11) is 0. The van der Waals surface area contributed by atoms with Gasteiger partial charge in [-0.1, -0.05) is 44.7 Å². The van der Waals surface area contributed by atoms with Crippen LogP contribution in [0.15, 0.2) is 49.6 Å². The average molecular weight is 550 g/mol. The molecule has 0 aliphatic carbocycles. The number of carbonyl (C=O) groups excluding carboxylic acids is 4. The monoisotopic (exact) mass is 549 g/mol. The number of rotatable bonds is 11. The Morgan fingerprint density at radius 3 is 2.52 bits per heavy atom. The summed E-state index contributed by atoms with van der Waals surface area (Å²) in [5.41, 5.74) is 5.30. The Kier molecular flexibility index (Phi) is 10.6. The highest BCUT2D eigenvalue weighted by Crippen LogP contribution is 2.23. The van der Waals surface area contributed by atoms with E-state index in [0.717, 1.165) is 22.2 Å². The van der Waals surface area contributed by atoms with Crippen LogP contribution in [0, 0.1) is 5.92 Å². The molecule has 3 rings (SSSR count). The van der Waals surface area contributed by atoms with Gasteiger partial charge in [0.15, 0.2) is 0 Å². The van der Waals surface area contributed by atoms with Gasteiger partial charge in [-0.05, 0) is 56.4 Å². The number of hydrogen-bond donors (Lipinski definition) is 3. The number of esters is 1. The number of pyridine rings is 1. The third kappa shape index (κ3) is 7.75. The van der Waals surface area contributed by atoms with E-state index in [9.17, 15) is 19.2 Å². The molecule has 1 aromatic carbocycles. The predicted molar refractivity (Wildman–Crippen MR) is 153 cm³/mol. The zero-order valence-electron chi connectivity index (χ0n) is 23.6. The SMILES string of the molecule is C=CCC(=O)NC(C(=O)NC(C)C(=O)N1CCC[C@@H](C(=O)O[C@H](C)c2ccc3ccc(C=C)nc3c2)N1)C(C)C. The molecule has 0 radical (unpaired) electrons. The molecule has 4 atom stereocenters. The standard InChI is InChI=1S/C30H39N5O5/c1-7-10-26(36)33-27(18(3)4)28(37)31-19(5)29(38)35-16-9-11-24(34-35)30(39)40-20(6)22-13-12-21-14-15-23(8-2)32-25(21)17-22/h7-8,12-15,17-20,24,27,34H,1-2,9-11,16H2,3-6H3,(H,31,37)(H,33,36)/t19?,20-,24+,27?/m1/s1. The molecule has 1 saturated heterocycles. The van der Waals surface area contributed by atoms with Gasteiger partial charge in [-0.3, -0.25) is 24.2 Å². The lowest BCUT2D eigenvalue weighted by Gasteiger charge is -2.35. The van der Waals surface area contributed by atoms with Crippen molar-refractivity contribution in [3.63, 3.8) is 0 Å². The van der Waals surface area contributed by atoms with E-state index < -0.39 is 42.0 Å². The molecule has 1 aliphatic rings. The summed E-state index contributed by atoms with van der Waals surface area (Å²) in [6, 6.07) is 7.17. The second-order valence-electron chi connectivity index (χ2n) is 10.3. The molecule has 40 heavy (non-hydrogen) atoms. The minimum Gasteiger partial charge on any atom is -0.457 e. The van der Waals surface area contributed by atoms with Crippen LogP contribution in [0.4, 0.5) is 0 Å². The Hall–Kier alpha value is -4.05. The number of benzene rings is 1. The van der Waals surface area contributed by atoms with Crippen molar-refractivity contribution in [2.75, 3.05) is 6.54 Å². The van der Waals surface area contributed by atoms with E-state index in [1.54, 1.807) is 33.8 Å². The lowest BCUT2D eigenvalue weighted by Crippen LogP contribution is -2.61. The van der Waals surface area contributed by atoms with Gasteiger partial charge in [0.05, 0.1) is 11.2 Å². The molecule has 10 heteroatoms. The number of hydrazine groups is 1. The van der Waals surface area contributed by atoms with Crippen molar-refractivity contribution in [3.05, 3.63) is 60.8 Å². The van der Waals surface area contributed by atoms with Crippen molar-refractivity contribution < 1.29 is 23.9 Å². The fraction of sp³-hybridized carbons (Fsp3) is 0.433. The topological polar surface area (TPSA) is 130 Å². The first kappa shape index (κ1) is 30.5. The number of fused-ring (bicyclic) bond motifs is 1. The molecule has 2 heterocycles.